The average Bonchev–Trinajstić information content (AvgIpc) is 2.15. The van der Waals surface area contributed by atoms with E-state index < -0.39 is 0 Å². The largest absolute Gasteiger partial charge is 0.356 e. The van der Waals surface area contributed by atoms with Crippen molar-refractivity contribution in [3.63, 3.8) is 0 Å². The van der Waals surface area contributed by atoms with Gasteiger partial charge in [0.25, 0.3) is 0 Å². The van der Waals surface area contributed by atoms with Crippen LogP contribution in [0.3, 0.4) is 0 Å². The Morgan fingerprint density at radius 3 is 2.62 bits per heavy atom. The summed E-state index contributed by atoms with van der Waals surface area (Å²) in [5.41, 5.74) is 0. The maximum atomic E-state index is 11.5. The molecule has 0 fully saturated rings. The zero-order chi connectivity index (χ0) is 10.3. The molecule has 0 spiro atoms. The molecule has 2 heteroatoms. The van der Waals surface area contributed by atoms with Gasteiger partial charge in [-0.2, -0.15) is 0 Å². The quantitative estimate of drug-likeness (QED) is 0.497. The molecule has 0 unspecified atom stereocenters. The fourth-order valence-electron chi connectivity index (χ4n) is 0.992. The Kier molecular flexibility index (Phi) is 6.29. The monoisotopic (exact) mass is 183 g/mol. The summed E-state index contributed by atoms with van der Waals surface area (Å²) < 4.78 is 0. The minimum Gasteiger partial charge on any atom is -0.356 e. The van der Waals surface area contributed by atoms with Crippen molar-refractivity contribution in [2.75, 3.05) is 6.54 Å². The van der Waals surface area contributed by atoms with Gasteiger partial charge >= 0.3 is 0 Å². The molecule has 0 aliphatic heterocycles. The number of hydrogen-bond donors (Lipinski definition) is 1. The molecule has 76 valence electrons. The minimum atomic E-state index is 0.0364. The molecular weight excluding hydrogens is 162 g/mol. The van der Waals surface area contributed by atoms with E-state index in [4.69, 9.17) is 0 Å². The molecule has 0 saturated carbocycles. The van der Waals surface area contributed by atoms with Crippen molar-refractivity contribution < 1.29 is 4.79 Å². The Hall–Kier alpha value is -0.790. The van der Waals surface area contributed by atoms with Crippen LogP contribution < -0.4 is 5.32 Å². The number of carbonyl (C=O) groups excluding carboxylic acids is 1. The molecule has 13 heavy (non-hydrogen) atoms. The molecule has 0 aliphatic rings. The number of unbranched alkanes of at least 4 members (excludes halogenated alkanes) is 1. The molecular formula is C11H21NO. The first-order valence-corrected chi connectivity index (χ1v) is 5.03. The van der Waals surface area contributed by atoms with E-state index in [1.54, 1.807) is 0 Å². The van der Waals surface area contributed by atoms with Gasteiger partial charge in [0, 0.05) is 12.5 Å². The van der Waals surface area contributed by atoms with E-state index in [0.29, 0.717) is 0 Å². The number of allylic oxidation sites excluding steroid dienone is 1. The summed E-state index contributed by atoms with van der Waals surface area (Å²) in [5, 5.41) is 2.91. The molecule has 0 aromatic carbocycles. The third kappa shape index (κ3) is 4.71. The third-order valence-electron chi connectivity index (χ3n) is 2.40. The van der Waals surface area contributed by atoms with Crippen molar-refractivity contribution in [2.24, 2.45) is 11.8 Å². The predicted molar refractivity (Wildman–Crippen MR) is 56.4 cm³/mol. The summed E-state index contributed by atoms with van der Waals surface area (Å²) >= 11 is 0. The highest BCUT2D eigenvalue weighted by atomic mass is 16.1. The normalized spacial score (nSPS) is 14.7. The summed E-state index contributed by atoms with van der Waals surface area (Å²) in [6.45, 7) is 10.5. The fourth-order valence-corrected chi connectivity index (χ4v) is 0.992. The summed E-state index contributed by atoms with van der Waals surface area (Å²) in [6, 6.07) is 0. The van der Waals surface area contributed by atoms with Crippen LogP contribution in [-0.4, -0.2) is 12.5 Å². The van der Waals surface area contributed by atoms with Gasteiger partial charge in [-0.1, -0.05) is 33.3 Å². The van der Waals surface area contributed by atoms with Crippen LogP contribution in [0, 0.1) is 11.8 Å². The summed E-state index contributed by atoms with van der Waals surface area (Å²) in [4.78, 5) is 11.5. The molecule has 1 N–H and O–H groups in total. The lowest BCUT2D eigenvalue weighted by Crippen LogP contribution is -2.32. The predicted octanol–water partition coefficient (Wildman–Crippen LogP) is 2.36. The van der Waals surface area contributed by atoms with Crippen molar-refractivity contribution in [3.05, 3.63) is 12.7 Å². The number of amides is 1. The van der Waals surface area contributed by atoms with E-state index in [0.717, 1.165) is 19.4 Å². The Balaban J connectivity index is 3.75. The minimum absolute atomic E-state index is 0.0364. The molecule has 1 amide bonds. The molecule has 0 heterocycles. The summed E-state index contributed by atoms with van der Waals surface area (Å²) in [6.07, 6.45) is 4.00. The molecule has 2 atom stereocenters. The van der Waals surface area contributed by atoms with Gasteiger partial charge in [-0.25, -0.2) is 0 Å². The average molecular weight is 183 g/mol. The highest BCUT2D eigenvalue weighted by Crippen LogP contribution is 2.11. The van der Waals surface area contributed by atoms with Gasteiger partial charge in [0.1, 0.15) is 0 Å². The Morgan fingerprint density at radius 1 is 1.54 bits per heavy atom. The molecule has 0 aromatic heterocycles. The van der Waals surface area contributed by atoms with E-state index in [1.165, 1.54) is 0 Å². The van der Waals surface area contributed by atoms with Crippen molar-refractivity contribution in [1.29, 1.82) is 0 Å². The molecule has 0 aliphatic carbocycles. The zero-order valence-corrected chi connectivity index (χ0v) is 8.97. The molecule has 0 aromatic rings. The van der Waals surface area contributed by atoms with Gasteiger partial charge in [0.15, 0.2) is 0 Å². The Morgan fingerprint density at radius 2 is 2.15 bits per heavy atom. The lowest BCUT2D eigenvalue weighted by molar-refractivity contribution is -0.125. The second-order valence-electron chi connectivity index (χ2n) is 3.53. The maximum absolute atomic E-state index is 11.5. The second kappa shape index (κ2) is 6.70. The van der Waals surface area contributed by atoms with Gasteiger partial charge in [-0.3, -0.25) is 4.79 Å². The number of hydrogen-bond acceptors (Lipinski definition) is 1. The van der Waals surface area contributed by atoms with E-state index in [9.17, 15) is 4.79 Å². The van der Waals surface area contributed by atoms with Crippen LogP contribution in [0.5, 0.6) is 0 Å². The lowest BCUT2D eigenvalue weighted by Gasteiger charge is -2.15. The van der Waals surface area contributed by atoms with Crippen molar-refractivity contribution >= 4 is 5.91 Å². The van der Waals surface area contributed by atoms with Crippen LogP contribution in [0.2, 0.25) is 0 Å². The Bertz CT molecular complexity index is 165. The number of rotatable bonds is 6. The smallest absolute Gasteiger partial charge is 0.223 e. The summed E-state index contributed by atoms with van der Waals surface area (Å²) in [7, 11) is 0. The molecule has 0 saturated heterocycles. The van der Waals surface area contributed by atoms with Crippen LogP contribution in [0.15, 0.2) is 12.7 Å². The van der Waals surface area contributed by atoms with Gasteiger partial charge in [-0.05, 0) is 12.3 Å². The lowest BCUT2D eigenvalue weighted by atomic mass is 9.95. The topological polar surface area (TPSA) is 29.1 Å². The van der Waals surface area contributed by atoms with Crippen molar-refractivity contribution in [3.8, 4) is 0 Å². The fraction of sp³-hybridized carbons (Fsp3) is 0.727. The standard InChI is InChI=1S/C11H21NO/c1-5-7-8-12-11(13)10(4)9(3)6-2/h6,9-10H,2,5,7-8H2,1,3-4H3,(H,12,13)/t9-,10+/m1/s1. The molecule has 0 rings (SSSR count). The van der Waals surface area contributed by atoms with Gasteiger partial charge in [-0.15, -0.1) is 6.58 Å². The zero-order valence-electron chi connectivity index (χ0n) is 8.97. The van der Waals surface area contributed by atoms with E-state index in [2.05, 4.69) is 18.8 Å². The highest BCUT2D eigenvalue weighted by Gasteiger charge is 2.16. The van der Waals surface area contributed by atoms with Gasteiger partial charge in [0.05, 0.1) is 0 Å². The van der Waals surface area contributed by atoms with E-state index >= 15 is 0 Å². The number of carbonyl (C=O) groups is 1. The second-order valence-corrected chi connectivity index (χ2v) is 3.53. The van der Waals surface area contributed by atoms with Gasteiger partial charge < -0.3 is 5.32 Å². The van der Waals surface area contributed by atoms with Crippen LogP contribution in [0.1, 0.15) is 33.6 Å². The first-order chi connectivity index (χ1) is 6.13. The van der Waals surface area contributed by atoms with Crippen LogP contribution in [0.25, 0.3) is 0 Å². The number of nitrogens with one attached hydrogen (secondary N) is 1. The molecule has 0 radical (unpaired) electrons. The maximum Gasteiger partial charge on any atom is 0.223 e. The van der Waals surface area contributed by atoms with Crippen LogP contribution in [0.4, 0.5) is 0 Å². The van der Waals surface area contributed by atoms with E-state index in [1.807, 2.05) is 19.9 Å². The molecule has 0 bridgehead atoms. The van der Waals surface area contributed by atoms with Crippen LogP contribution in [-0.2, 0) is 4.79 Å². The third-order valence-corrected chi connectivity index (χ3v) is 2.40. The molecule has 2 nitrogen and oxygen atoms in total. The van der Waals surface area contributed by atoms with E-state index in [-0.39, 0.29) is 17.7 Å². The van der Waals surface area contributed by atoms with Gasteiger partial charge in [0.2, 0.25) is 5.91 Å². The highest BCUT2D eigenvalue weighted by molar-refractivity contribution is 5.78. The SMILES string of the molecule is C=C[C@@H](C)[C@H](C)C(=O)NCCCC. The van der Waals surface area contributed by atoms with Crippen LogP contribution >= 0.6 is 0 Å². The first kappa shape index (κ1) is 12.2. The summed E-state index contributed by atoms with van der Waals surface area (Å²) in [5.74, 6) is 0.428. The van der Waals surface area contributed by atoms with Crippen molar-refractivity contribution in [1.82, 2.24) is 5.32 Å². The Labute approximate surface area is 81.4 Å². The first-order valence-electron chi connectivity index (χ1n) is 5.03. The van der Waals surface area contributed by atoms with Crippen molar-refractivity contribution in [2.45, 2.75) is 33.6 Å².